The zero-order valence-electron chi connectivity index (χ0n) is 18.5. The van der Waals surface area contributed by atoms with Gasteiger partial charge in [-0.05, 0) is 43.5 Å². The van der Waals surface area contributed by atoms with Crippen LogP contribution >= 0.6 is 0 Å². The van der Waals surface area contributed by atoms with Gasteiger partial charge < -0.3 is 16.0 Å². The minimum atomic E-state index is -0.267. The van der Waals surface area contributed by atoms with Gasteiger partial charge in [-0.3, -0.25) is 4.98 Å². The second-order valence-electron chi connectivity index (χ2n) is 7.83. The van der Waals surface area contributed by atoms with Crippen LogP contribution in [0.5, 0.6) is 0 Å². The molecule has 0 aliphatic rings. The van der Waals surface area contributed by atoms with E-state index in [1.807, 2.05) is 31.2 Å². The fourth-order valence-corrected chi connectivity index (χ4v) is 3.44. The number of hydrogen-bond acceptors (Lipinski definition) is 7. The van der Waals surface area contributed by atoms with E-state index in [9.17, 15) is 4.39 Å². The summed E-state index contributed by atoms with van der Waals surface area (Å²) in [6.07, 6.45) is 5.70. The van der Waals surface area contributed by atoms with Gasteiger partial charge in [-0.2, -0.15) is 9.97 Å². The second kappa shape index (κ2) is 10.5. The van der Waals surface area contributed by atoms with Gasteiger partial charge in [0.25, 0.3) is 0 Å². The summed E-state index contributed by atoms with van der Waals surface area (Å²) in [7, 11) is 0. The van der Waals surface area contributed by atoms with Crippen LogP contribution in [0.3, 0.4) is 0 Å². The number of nitrogens with zero attached hydrogens (tertiary/aromatic N) is 4. The number of aromatic nitrogens is 4. The van der Waals surface area contributed by atoms with Crippen molar-refractivity contribution in [2.24, 2.45) is 0 Å². The van der Waals surface area contributed by atoms with Crippen molar-refractivity contribution >= 4 is 23.4 Å². The van der Waals surface area contributed by atoms with E-state index in [2.05, 4.69) is 54.9 Å². The Morgan fingerprint density at radius 2 is 1.61 bits per heavy atom. The van der Waals surface area contributed by atoms with Gasteiger partial charge in [0.05, 0.1) is 12.2 Å². The summed E-state index contributed by atoms with van der Waals surface area (Å²) in [6.45, 7) is 4.09. The number of rotatable bonds is 9. The molecule has 0 spiro atoms. The van der Waals surface area contributed by atoms with Gasteiger partial charge in [-0.1, -0.05) is 42.5 Å². The second-order valence-corrected chi connectivity index (χ2v) is 7.83. The van der Waals surface area contributed by atoms with Crippen molar-refractivity contribution in [2.45, 2.75) is 32.4 Å². The number of halogens is 1. The highest BCUT2D eigenvalue weighted by atomic mass is 19.1. The molecule has 7 nitrogen and oxygen atoms in total. The van der Waals surface area contributed by atoms with Crippen molar-refractivity contribution in [3.05, 3.63) is 96.2 Å². The molecular formula is C25H26FN7. The largest absolute Gasteiger partial charge is 0.367 e. The van der Waals surface area contributed by atoms with Crippen molar-refractivity contribution < 1.29 is 4.39 Å². The molecule has 0 unspecified atom stereocenters. The molecule has 0 amide bonds. The first-order chi connectivity index (χ1) is 16.0. The van der Waals surface area contributed by atoms with Gasteiger partial charge in [0, 0.05) is 24.5 Å². The lowest BCUT2D eigenvalue weighted by Gasteiger charge is -2.19. The standard InChI is InChI=1S/C25H26FN7/c1-17(14-19-6-4-3-5-7-19)29-22-15-23(31-24-16-27-12-13-28-24)33-25(32-22)30-18(2)20-8-10-21(26)11-9-20/h3-13,15-18H,14H2,1-2H3,(H3,28,29,30,31,32,33)/t17-,18-/m0/s1. The molecule has 2 heterocycles. The summed E-state index contributed by atoms with van der Waals surface area (Å²) in [4.78, 5) is 17.6. The minimum Gasteiger partial charge on any atom is -0.367 e. The Balaban J connectivity index is 1.55. The smallest absolute Gasteiger partial charge is 0.227 e. The number of anilines is 4. The summed E-state index contributed by atoms with van der Waals surface area (Å²) >= 11 is 0. The molecule has 0 radical (unpaired) electrons. The summed E-state index contributed by atoms with van der Waals surface area (Å²) in [5.74, 6) is 2.01. The maximum atomic E-state index is 13.3. The summed E-state index contributed by atoms with van der Waals surface area (Å²) < 4.78 is 13.3. The highest BCUT2D eigenvalue weighted by molar-refractivity contribution is 5.58. The molecule has 4 rings (SSSR count). The number of benzene rings is 2. The van der Waals surface area contributed by atoms with Crippen LogP contribution < -0.4 is 16.0 Å². The van der Waals surface area contributed by atoms with E-state index < -0.39 is 0 Å². The molecule has 0 saturated heterocycles. The lowest BCUT2D eigenvalue weighted by atomic mass is 10.1. The molecule has 168 valence electrons. The molecule has 3 N–H and O–H groups in total. The third-order valence-corrected chi connectivity index (χ3v) is 5.04. The topological polar surface area (TPSA) is 87.7 Å². The average Bonchev–Trinajstić information content (AvgIpc) is 2.80. The molecule has 0 bridgehead atoms. The number of hydrogen-bond donors (Lipinski definition) is 3. The SMILES string of the molecule is C[C@H](Nc1nc(Nc2cnccn2)cc(N[C@@H](C)Cc2ccccc2)n1)c1ccc(F)cc1. The van der Waals surface area contributed by atoms with Crippen molar-refractivity contribution in [3.8, 4) is 0 Å². The molecular weight excluding hydrogens is 417 g/mol. The number of nitrogens with one attached hydrogen (secondary N) is 3. The first kappa shape index (κ1) is 22.1. The van der Waals surface area contributed by atoms with Gasteiger partial charge in [-0.15, -0.1) is 0 Å². The third kappa shape index (κ3) is 6.46. The average molecular weight is 444 g/mol. The minimum absolute atomic E-state index is 0.119. The van der Waals surface area contributed by atoms with Crippen LogP contribution in [0.25, 0.3) is 0 Å². The molecule has 4 aromatic rings. The monoisotopic (exact) mass is 443 g/mol. The van der Waals surface area contributed by atoms with E-state index in [1.165, 1.54) is 17.7 Å². The van der Waals surface area contributed by atoms with Crippen LogP contribution in [-0.4, -0.2) is 26.0 Å². The molecule has 0 aliphatic heterocycles. The van der Waals surface area contributed by atoms with E-state index >= 15 is 0 Å². The first-order valence-corrected chi connectivity index (χ1v) is 10.8. The molecule has 0 saturated carbocycles. The fraction of sp³-hybridized carbons (Fsp3) is 0.200. The normalized spacial score (nSPS) is 12.6. The van der Waals surface area contributed by atoms with Gasteiger partial charge >= 0.3 is 0 Å². The van der Waals surface area contributed by atoms with Crippen molar-refractivity contribution in [1.29, 1.82) is 0 Å². The predicted molar refractivity (Wildman–Crippen MR) is 129 cm³/mol. The van der Waals surface area contributed by atoms with E-state index in [1.54, 1.807) is 30.7 Å². The van der Waals surface area contributed by atoms with Crippen molar-refractivity contribution in [2.75, 3.05) is 16.0 Å². The Kier molecular flexibility index (Phi) is 7.04. The van der Waals surface area contributed by atoms with Crippen molar-refractivity contribution in [3.63, 3.8) is 0 Å². The van der Waals surface area contributed by atoms with Crippen molar-refractivity contribution in [1.82, 2.24) is 19.9 Å². The Morgan fingerprint density at radius 3 is 2.33 bits per heavy atom. The zero-order valence-corrected chi connectivity index (χ0v) is 18.5. The molecule has 2 atom stereocenters. The fourth-order valence-electron chi connectivity index (χ4n) is 3.44. The summed E-state index contributed by atoms with van der Waals surface area (Å²) in [6, 6.07) is 18.5. The lowest BCUT2D eigenvalue weighted by molar-refractivity contribution is 0.626. The van der Waals surface area contributed by atoms with Gasteiger partial charge in [-0.25, -0.2) is 9.37 Å². The Morgan fingerprint density at radius 1 is 0.848 bits per heavy atom. The quantitative estimate of drug-likeness (QED) is 0.321. The third-order valence-electron chi connectivity index (χ3n) is 5.04. The maximum Gasteiger partial charge on any atom is 0.227 e. The zero-order chi connectivity index (χ0) is 23.0. The van der Waals surface area contributed by atoms with Crippen LogP contribution in [-0.2, 0) is 6.42 Å². The van der Waals surface area contributed by atoms with Crippen LogP contribution in [0.1, 0.15) is 31.0 Å². The summed E-state index contributed by atoms with van der Waals surface area (Å²) in [5.41, 5.74) is 2.17. The molecule has 0 aliphatic carbocycles. The summed E-state index contributed by atoms with van der Waals surface area (Å²) in [5, 5.41) is 9.94. The van der Waals surface area contributed by atoms with Crippen LogP contribution in [0.4, 0.5) is 27.8 Å². The maximum absolute atomic E-state index is 13.3. The molecule has 8 heteroatoms. The van der Waals surface area contributed by atoms with E-state index in [0.29, 0.717) is 23.4 Å². The van der Waals surface area contributed by atoms with Crippen LogP contribution in [0.2, 0.25) is 0 Å². The van der Waals surface area contributed by atoms with Crippen LogP contribution in [0.15, 0.2) is 79.3 Å². The van der Waals surface area contributed by atoms with Gasteiger partial charge in [0.15, 0.2) is 0 Å². The van der Waals surface area contributed by atoms with E-state index in [4.69, 9.17) is 0 Å². The predicted octanol–water partition coefficient (Wildman–Crippen LogP) is 5.37. The Labute approximate surface area is 192 Å². The van der Waals surface area contributed by atoms with Gasteiger partial charge in [0.1, 0.15) is 23.3 Å². The molecule has 0 fully saturated rings. The van der Waals surface area contributed by atoms with E-state index in [0.717, 1.165) is 12.0 Å². The Bertz CT molecular complexity index is 1150. The first-order valence-electron chi connectivity index (χ1n) is 10.8. The highest BCUT2D eigenvalue weighted by Crippen LogP contribution is 2.22. The molecule has 2 aromatic carbocycles. The van der Waals surface area contributed by atoms with Gasteiger partial charge in [0.2, 0.25) is 5.95 Å². The Hall–Kier alpha value is -4.07. The molecule has 2 aromatic heterocycles. The van der Waals surface area contributed by atoms with E-state index in [-0.39, 0.29) is 17.9 Å². The lowest BCUT2D eigenvalue weighted by Crippen LogP contribution is -2.20. The highest BCUT2D eigenvalue weighted by Gasteiger charge is 2.12. The molecule has 33 heavy (non-hydrogen) atoms. The van der Waals surface area contributed by atoms with Crippen LogP contribution in [0, 0.1) is 5.82 Å².